The second-order valence-corrected chi connectivity index (χ2v) is 10.8. The summed E-state index contributed by atoms with van der Waals surface area (Å²) >= 11 is 0. The molecule has 3 rings (SSSR count). The summed E-state index contributed by atoms with van der Waals surface area (Å²) in [5, 5.41) is 8.83. The van der Waals surface area contributed by atoms with Gasteiger partial charge in [-0.15, -0.1) is 0 Å². The van der Waals surface area contributed by atoms with Gasteiger partial charge in [-0.05, 0) is 57.9 Å². The van der Waals surface area contributed by atoms with E-state index in [0.29, 0.717) is 6.42 Å². The minimum Gasteiger partial charge on any atom is -0.504 e. The average Bonchev–Trinajstić information content (AvgIpc) is 2.98. The van der Waals surface area contributed by atoms with Gasteiger partial charge in [0.05, 0.1) is 5.56 Å². The quantitative estimate of drug-likeness (QED) is 0.491. The summed E-state index contributed by atoms with van der Waals surface area (Å²) in [6.07, 6.45) is -1.65. The van der Waals surface area contributed by atoms with E-state index in [9.17, 15) is 23.1 Å². The van der Waals surface area contributed by atoms with Crippen LogP contribution >= 0.6 is 0 Å². The molecule has 0 aromatic heterocycles. The molecule has 0 saturated carbocycles. The van der Waals surface area contributed by atoms with Crippen LogP contribution < -0.4 is 4.18 Å². The number of phenols is 1. The van der Waals surface area contributed by atoms with Crippen LogP contribution in [0.4, 0.5) is 4.79 Å². The molecule has 184 valence electrons. The Bertz CT molecular complexity index is 1110. The second-order valence-electron chi connectivity index (χ2n) is 8.94. The second kappa shape index (κ2) is 10.3. The molecule has 2 atom stereocenters. The van der Waals surface area contributed by atoms with Gasteiger partial charge in [-0.2, -0.15) is 8.42 Å². The van der Waals surface area contributed by atoms with Crippen LogP contribution in [0.3, 0.4) is 0 Å². The van der Waals surface area contributed by atoms with E-state index in [2.05, 4.69) is 0 Å². The molecule has 1 heterocycles. The molecule has 0 spiro atoms. The topological polar surface area (TPSA) is 119 Å². The molecule has 2 aromatic carbocycles. The number of carbonyl (C=O) groups is 2. The van der Waals surface area contributed by atoms with Crippen LogP contribution in [0.1, 0.15) is 50.4 Å². The molecule has 1 N–H and O–H groups in total. The highest BCUT2D eigenvalue weighted by molar-refractivity contribution is 7.87. The zero-order valence-electron chi connectivity index (χ0n) is 19.3. The predicted octanol–water partition coefficient (Wildman–Crippen LogP) is 4.07. The predicted molar refractivity (Wildman–Crippen MR) is 124 cm³/mol. The summed E-state index contributed by atoms with van der Waals surface area (Å²) in [6.45, 7) is 5.26. The lowest BCUT2D eigenvalue weighted by Gasteiger charge is -2.32. The van der Waals surface area contributed by atoms with Gasteiger partial charge in [0.15, 0.2) is 17.7 Å². The lowest BCUT2D eigenvalue weighted by molar-refractivity contribution is -0.0457. The third-order valence-electron chi connectivity index (χ3n) is 5.10. The molecular formula is C24H29NO8S. The summed E-state index contributed by atoms with van der Waals surface area (Å²) in [4.78, 5) is 26.9. The Kier molecular flexibility index (Phi) is 7.71. The first-order chi connectivity index (χ1) is 16.0. The van der Waals surface area contributed by atoms with Crippen molar-refractivity contribution in [2.24, 2.45) is 0 Å². The number of phenolic OH excluding ortho intramolecular Hbond substituents is 1. The van der Waals surface area contributed by atoms with Crippen LogP contribution in [0.25, 0.3) is 0 Å². The van der Waals surface area contributed by atoms with Crippen molar-refractivity contribution in [1.29, 1.82) is 0 Å². The summed E-state index contributed by atoms with van der Waals surface area (Å²) in [6, 6.07) is 13.9. The number of amides is 1. The van der Waals surface area contributed by atoms with Crippen LogP contribution in [0, 0.1) is 0 Å². The number of carbonyl (C=O) groups excluding carboxylic acids is 2. The number of hydrogen-bond acceptors (Lipinski definition) is 8. The van der Waals surface area contributed by atoms with Gasteiger partial charge in [0.1, 0.15) is 10.9 Å². The monoisotopic (exact) mass is 491 g/mol. The molecule has 2 aromatic rings. The van der Waals surface area contributed by atoms with E-state index in [1.165, 1.54) is 29.2 Å². The van der Waals surface area contributed by atoms with Crippen molar-refractivity contribution >= 4 is 22.2 Å². The van der Waals surface area contributed by atoms with Crippen molar-refractivity contribution in [1.82, 2.24) is 4.90 Å². The number of nitrogens with zero attached hydrogens (tertiary/aromatic N) is 1. The van der Waals surface area contributed by atoms with E-state index in [4.69, 9.17) is 13.7 Å². The highest BCUT2D eigenvalue weighted by atomic mass is 32.2. The first-order valence-corrected chi connectivity index (χ1v) is 12.4. The zero-order chi connectivity index (χ0) is 24.9. The maximum absolute atomic E-state index is 13.1. The van der Waals surface area contributed by atoms with Crippen LogP contribution in [0.15, 0.2) is 54.6 Å². The molecule has 0 radical (unpaired) electrons. The fourth-order valence-electron chi connectivity index (χ4n) is 3.49. The molecule has 1 amide bonds. The molecule has 2 unspecified atom stereocenters. The molecule has 1 aliphatic heterocycles. The summed E-state index contributed by atoms with van der Waals surface area (Å²) < 4.78 is 42.4. The molecule has 34 heavy (non-hydrogen) atoms. The molecule has 1 saturated heterocycles. The summed E-state index contributed by atoms with van der Waals surface area (Å²) in [5.74, 6) is -1.21. The van der Waals surface area contributed by atoms with Gasteiger partial charge in [0.25, 0.3) is 0 Å². The Hall–Kier alpha value is -3.27. The van der Waals surface area contributed by atoms with Gasteiger partial charge in [0, 0.05) is 13.0 Å². The van der Waals surface area contributed by atoms with Gasteiger partial charge in [-0.3, -0.25) is 4.90 Å². The maximum Gasteiger partial charge on any atom is 0.413 e. The van der Waals surface area contributed by atoms with Crippen LogP contribution in [0.2, 0.25) is 0 Å². The van der Waals surface area contributed by atoms with E-state index in [0.717, 1.165) is 0 Å². The Morgan fingerprint density at radius 1 is 1.03 bits per heavy atom. The number of ether oxygens (including phenoxy) is 2. The average molecular weight is 492 g/mol. The Morgan fingerprint density at radius 2 is 1.68 bits per heavy atom. The number of para-hydroxylation sites is 2. The van der Waals surface area contributed by atoms with Crippen LogP contribution in [0.5, 0.6) is 11.5 Å². The van der Waals surface area contributed by atoms with Crippen molar-refractivity contribution in [2.45, 2.75) is 57.1 Å². The smallest absolute Gasteiger partial charge is 0.413 e. The number of aromatic hydroxyl groups is 1. The van der Waals surface area contributed by atoms with Crippen molar-refractivity contribution < 1.29 is 36.8 Å². The van der Waals surface area contributed by atoms with Crippen molar-refractivity contribution in [3.05, 3.63) is 60.2 Å². The van der Waals surface area contributed by atoms with E-state index in [1.807, 2.05) is 0 Å². The highest BCUT2D eigenvalue weighted by Gasteiger charge is 2.40. The standard InChI is InChI=1S/C24H29NO8S/c1-24(2,3)32-23(28)25-15-9-12-18(34(29,30)33-20-14-8-7-13-19(20)26)16-21(25)31-22(27)17-10-5-4-6-11-17/h4-8,10-11,13-14,18,21,26H,9,12,15-16H2,1-3H3. The summed E-state index contributed by atoms with van der Waals surface area (Å²) in [5.41, 5.74) is -0.530. The van der Waals surface area contributed by atoms with E-state index in [1.54, 1.807) is 51.1 Å². The van der Waals surface area contributed by atoms with Gasteiger partial charge >= 0.3 is 22.2 Å². The van der Waals surface area contributed by atoms with Crippen molar-refractivity contribution in [3.8, 4) is 11.5 Å². The fraction of sp³-hybridized carbons (Fsp3) is 0.417. The normalized spacial score (nSPS) is 19.1. The highest BCUT2D eigenvalue weighted by Crippen LogP contribution is 2.31. The molecule has 10 heteroatoms. The number of benzene rings is 2. The van der Waals surface area contributed by atoms with Gasteiger partial charge < -0.3 is 18.8 Å². The van der Waals surface area contributed by atoms with E-state index >= 15 is 0 Å². The molecular weight excluding hydrogens is 462 g/mol. The van der Waals surface area contributed by atoms with E-state index in [-0.39, 0.29) is 36.4 Å². The molecule has 1 fully saturated rings. The van der Waals surface area contributed by atoms with E-state index < -0.39 is 39.3 Å². The van der Waals surface area contributed by atoms with Crippen LogP contribution in [-0.4, -0.2) is 54.1 Å². The number of rotatable bonds is 5. The molecule has 1 aliphatic rings. The van der Waals surface area contributed by atoms with Crippen LogP contribution in [-0.2, 0) is 19.6 Å². The lowest BCUT2D eigenvalue weighted by Crippen LogP contribution is -2.46. The van der Waals surface area contributed by atoms with Crippen molar-refractivity contribution in [2.75, 3.05) is 6.54 Å². The Labute approximate surface area is 199 Å². The fourth-order valence-corrected chi connectivity index (χ4v) is 4.88. The SMILES string of the molecule is CC(C)(C)OC(=O)N1CCCC(S(=O)(=O)Oc2ccccc2O)CC1OC(=O)c1ccccc1. The third-order valence-corrected chi connectivity index (χ3v) is 6.75. The number of esters is 1. The Morgan fingerprint density at radius 3 is 2.32 bits per heavy atom. The minimum atomic E-state index is -4.23. The number of hydrogen-bond donors (Lipinski definition) is 1. The number of likely N-dealkylation sites (tertiary alicyclic amines) is 1. The first-order valence-electron chi connectivity index (χ1n) is 10.9. The van der Waals surface area contributed by atoms with Gasteiger partial charge in [-0.1, -0.05) is 30.3 Å². The molecule has 0 bridgehead atoms. The van der Waals surface area contributed by atoms with Gasteiger partial charge in [-0.25, -0.2) is 9.59 Å². The molecule has 9 nitrogen and oxygen atoms in total. The zero-order valence-corrected chi connectivity index (χ0v) is 20.2. The van der Waals surface area contributed by atoms with Crippen molar-refractivity contribution in [3.63, 3.8) is 0 Å². The Balaban J connectivity index is 1.87. The third kappa shape index (κ3) is 6.63. The largest absolute Gasteiger partial charge is 0.504 e. The molecule has 0 aliphatic carbocycles. The lowest BCUT2D eigenvalue weighted by atomic mass is 10.2. The van der Waals surface area contributed by atoms with Gasteiger partial charge in [0.2, 0.25) is 0 Å². The minimum absolute atomic E-state index is 0.129. The summed E-state index contributed by atoms with van der Waals surface area (Å²) in [7, 11) is -4.23. The first kappa shape index (κ1) is 25.4. The maximum atomic E-state index is 13.1.